The van der Waals surface area contributed by atoms with E-state index in [9.17, 15) is 0 Å². The van der Waals surface area contributed by atoms with Crippen molar-refractivity contribution in [2.75, 3.05) is 19.6 Å². The summed E-state index contributed by atoms with van der Waals surface area (Å²) in [6.07, 6.45) is 2.29. The van der Waals surface area contributed by atoms with Gasteiger partial charge in [-0.25, -0.2) is 0 Å². The molecule has 4 nitrogen and oxygen atoms in total. The van der Waals surface area contributed by atoms with E-state index >= 15 is 0 Å². The molecule has 0 amide bonds. The largest absolute Gasteiger partial charge is 0.410 e. The maximum Gasteiger partial charge on any atom is 0.161 e. The van der Waals surface area contributed by atoms with Crippen molar-refractivity contribution < 1.29 is 5.21 Å². The number of nitriles is 1. The molecule has 2 bridgehead atoms. The first kappa shape index (κ1) is 8.52. The Labute approximate surface area is 77.4 Å². The van der Waals surface area contributed by atoms with Crippen molar-refractivity contribution in [3.8, 4) is 6.07 Å². The molecule has 13 heavy (non-hydrogen) atoms. The third kappa shape index (κ3) is 1.40. The van der Waals surface area contributed by atoms with E-state index < -0.39 is 0 Å². The van der Waals surface area contributed by atoms with E-state index in [1.54, 1.807) is 0 Å². The molecule has 1 N–H and O–H groups in total. The smallest absolute Gasteiger partial charge is 0.161 e. The van der Waals surface area contributed by atoms with Crippen molar-refractivity contribution in [3.05, 3.63) is 0 Å². The average Bonchev–Trinajstić information content (AvgIpc) is 2.22. The maximum atomic E-state index is 8.75. The van der Waals surface area contributed by atoms with Crippen molar-refractivity contribution in [3.63, 3.8) is 0 Å². The Bertz CT molecular complexity index is 261. The molecule has 3 heterocycles. The molecule has 3 saturated heterocycles. The van der Waals surface area contributed by atoms with Crippen LogP contribution in [-0.4, -0.2) is 35.5 Å². The number of oxime groups is 1. The van der Waals surface area contributed by atoms with Crippen LogP contribution in [0.25, 0.3) is 0 Å². The van der Waals surface area contributed by atoms with Crippen molar-refractivity contribution in [2.24, 2.45) is 17.0 Å². The molecule has 3 aliphatic heterocycles. The Morgan fingerprint density at radius 1 is 1.46 bits per heavy atom. The van der Waals surface area contributed by atoms with Gasteiger partial charge in [0.25, 0.3) is 0 Å². The molecule has 1 unspecified atom stereocenters. The summed E-state index contributed by atoms with van der Waals surface area (Å²) in [5, 5.41) is 20.5. The topological polar surface area (TPSA) is 59.6 Å². The Kier molecular flexibility index (Phi) is 2.19. The van der Waals surface area contributed by atoms with Crippen LogP contribution < -0.4 is 0 Å². The standard InChI is InChI=1S/C9H13N3O/c10-5-9(11-13)8-6-12-3-1-7(8)2-4-12/h7-8,13H,1-4,6H2/b11-9+. The van der Waals surface area contributed by atoms with Crippen molar-refractivity contribution in [2.45, 2.75) is 12.8 Å². The highest BCUT2D eigenvalue weighted by molar-refractivity contribution is 6.00. The van der Waals surface area contributed by atoms with Gasteiger partial charge in [0.1, 0.15) is 6.07 Å². The van der Waals surface area contributed by atoms with Crippen LogP contribution in [0.1, 0.15) is 12.8 Å². The van der Waals surface area contributed by atoms with Gasteiger partial charge in [-0.3, -0.25) is 0 Å². The lowest BCUT2D eigenvalue weighted by atomic mass is 9.77. The van der Waals surface area contributed by atoms with Crippen LogP contribution in [0.5, 0.6) is 0 Å². The van der Waals surface area contributed by atoms with Crippen LogP contribution in [0, 0.1) is 23.2 Å². The fraction of sp³-hybridized carbons (Fsp3) is 0.778. The zero-order chi connectivity index (χ0) is 9.26. The van der Waals surface area contributed by atoms with Crippen molar-refractivity contribution in [1.29, 1.82) is 5.26 Å². The minimum absolute atomic E-state index is 0.178. The number of nitrogens with zero attached hydrogens (tertiary/aromatic N) is 3. The van der Waals surface area contributed by atoms with E-state index in [0.717, 1.165) is 32.5 Å². The van der Waals surface area contributed by atoms with E-state index in [4.69, 9.17) is 10.5 Å². The van der Waals surface area contributed by atoms with Gasteiger partial charge in [0.15, 0.2) is 5.71 Å². The lowest BCUT2D eigenvalue weighted by molar-refractivity contribution is 0.0811. The first-order chi connectivity index (χ1) is 6.35. The van der Waals surface area contributed by atoms with Gasteiger partial charge >= 0.3 is 0 Å². The third-order valence-corrected chi connectivity index (χ3v) is 3.23. The molecule has 0 radical (unpaired) electrons. The molecular formula is C9H13N3O. The number of hydrogen-bond acceptors (Lipinski definition) is 4. The summed E-state index contributed by atoms with van der Waals surface area (Å²) in [5.74, 6) is 0.744. The molecule has 0 aromatic heterocycles. The van der Waals surface area contributed by atoms with Gasteiger partial charge in [-0.1, -0.05) is 5.16 Å². The lowest BCUT2D eigenvalue weighted by Crippen LogP contribution is -2.49. The van der Waals surface area contributed by atoms with E-state index in [-0.39, 0.29) is 5.92 Å². The molecular weight excluding hydrogens is 166 g/mol. The van der Waals surface area contributed by atoms with E-state index in [1.807, 2.05) is 6.07 Å². The van der Waals surface area contributed by atoms with Gasteiger partial charge in [-0.15, -0.1) is 0 Å². The second kappa shape index (κ2) is 3.35. The fourth-order valence-corrected chi connectivity index (χ4v) is 2.45. The molecule has 0 aromatic rings. The third-order valence-electron chi connectivity index (χ3n) is 3.23. The minimum atomic E-state index is 0.178. The Balaban J connectivity index is 2.13. The Morgan fingerprint density at radius 3 is 2.54 bits per heavy atom. The highest BCUT2D eigenvalue weighted by atomic mass is 16.4. The van der Waals surface area contributed by atoms with Gasteiger partial charge < -0.3 is 10.1 Å². The summed E-state index contributed by atoms with van der Waals surface area (Å²) in [6, 6.07) is 1.98. The van der Waals surface area contributed by atoms with Gasteiger partial charge in [0.2, 0.25) is 0 Å². The Morgan fingerprint density at radius 2 is 2.15 bits per heavy atom. The quantitative estimate of drug-likeness (QED) is 0.366. The number of fused-ring (bicyclic) bond motifs is 3. The number of hydrogen-bond donors (Lipinski definition) is 1. The van der Waals surface area contributed by atoms with Crippen molar-refractivity contribution >= 4 is 5.71 Å². The zero-order valence-corrected chi connectivity index (χ0v) is 7.48. The molecule has 0 saturated carbocycles. The fourth-order valence-electron chi connectivity index (χ4n) is 2.45. The highest BCUT2D eigenvalue weighted by Crippen LogP contribution is 2.32. The van der Waals surface area contributed by atoms with Crippen LogP contribution in [0.3, 0.4) is 0 Å². The van der Waals surface area contributed by atoms with Gasteiger partial charge in [0, 0.05) is 12.5 Å². The first-order valence-corrected chi connectivity index (χ1v) is 4.69. The SMILES string of the molecule is N#C/C(=N\O)C1CN2CCC1CC2. The first-order valence-electron chi connectivity index (χ1n) is 4.69. The molecule has 70 valence electrons. The summed E-state index contributed by atoms with van der Waals surface area (Å²) >= 11 is 0. The van der Waals surface area contributed by atoms with Gasteiger partial charge in [-0.05, 0) is 31.8 Å². The Hall–Kier alpha value is -1.08. The number of rotatable bonds is 1. The average molecular weight is 179 g/mol. The molecule has 3 fully saturated rings. The predicted molar refractivity (Wildman–Crippen MR) is 47.5 cm³/mol. The molecule has 0 spiro atoms. The van der Waals surface area contributed by atoms with E-state index in [1.165, 1.54) is 0 Å². The molecule has 3 rings (SSSR count). The van der Waals surface area contributed by atoms with Crippen LogP contribution in [0.15, 0.2) is 5.16 Å². The maximum absolute atomic E-state index is 8.75. The number of piperidine rings is 3. The summed E-state index contributed by atoms with van der Waals surface area (Å²) in [6.45, 7) is 3.19. The molecule has 1 atom stereocenters. The lowest BCUT2D eigenvalue weighted by Gasteiger charge is -2.43. The summed E-state index contributed by atoms with van der Waals surface area (Å²) in [4.78, 5) is 2.34. The highest BCUT2D eigenvalue weighted by Gasteiger charge is 2.37. The van der Waals surface area contributed by atoms with E-state index in [2.05, 4.69) is 10.1 Å². The normalized spacial score (nSPS) is 38.7. The van der Waals surface area contributed by atoms with Gasteiger partial charge in [-0.2, -0.15) is 5.26 Å². The summed E-state index contributed by atoms with van der Waals surface area (Å²) in [7, 11) is 0. The zero-order valence-electron chi connectivity index (χ0n) is 7.48. The van der Waals surface area contributed by atoms with E-state index in [0.29, 0.717) is 11.6 Å². The van der Waals surface area contributed by atoms with Crippen molar-refractivity contribution in [1.82, 2.24) is 4.90 Å². The molecule has 3 aliphatic rings. The predicted octanol–water partition coefficient (Wildman–Crippen LogP) is 0.682. The second-order valence-corrected chi connectivity index (χ2v) is 3.84. The molecule has 0 aromatic carbocycles. The van der Waals surface area contributed by atoms with Crippen LogP contribution >= 0.6 is 0 Å². The minimum Gasteiger partial charge on any atom is -0.410 e. The molecule has 0 aliphatic carbocycles. The van der Waals surface area contributed by atoms with Crippen LogP contribution in [-0.2, 0) is 0 Å². The van der Waals surface area contributed by atoms with Crippen LogP contribution in [0.4, 0.5) is 0 Å². The monoisotopic (exact) mass is 179 g/mol. The van der Waals surface area contributed by atoms with Gasteiger partial charge in [0.05, 0.1) is 0 Å². The second-order valence-electron chi connectivity index (χ2n) is 3.84. The summed E-state index contributed by atoms with van der Waals surface area (Å²) < 4.78 is 0. The summed E-state index contributed by atoms with van der Waals surface area (Å²) in [5.41, 5.74) is 0.314. The molecule has 4 heteroatoms. The van der Waals surface area contributed by atoms with Crippen LogP contribution in [0.2, 0.25) is 0 Å².